The number of aromatic nitrogens is 1. The third-order valence-electron chi connectivity index (χ3n) is 2.27. The van der Waals surface area contributed by atoms with E-state index in [1.165, 1.54) is 11.1 Å². The van der Waals surface area contributed by atoms with E-state index >= 15 is 0 Å². The van der Waals surface area contributed by atoms with Crippen molar-refractivity contribution in [2.24, 2.45) is 0 Å². The Labute approximate surface area is 100 Å². The van der Waals surface area contributed by atoms with Gasteiger partial charge in [0.05, 0.1) is 0 Å². The van der Waals surface area contributed by atoms with Gasteiger partial charge in [-0.25, -0.2) is 0 Å². The summed E-state index contributed by atoms with van der Waals surface area (Å²) in [4.78, 5) is 4.06. The molecule has 82 valence electrons. The van der Waals surface area contributed by atoms with E-state index in [2.05, 4.69) is 22.4 Å². The molecule has 3 heteroatoms. The van der Waals surface area contributed by atoms with Crippen LogP contribution in [-0.4, -0.2) is 4.98 Å². The van der Waals surface area contributed by atoms with Crippen LogP contribution in [-0.2, 0) is 13.1 Å². The van der Waals surface area contributed by atoms with Gasteiger partial charge in [-0.05, 0) is 29.3 Å². The molecule has 16 heavy (non-hydrogen) atoms. The van der Waals surface area contributed by atoms with Crippen LogP contribution in [0.25, 0.3) is 0 Å². The van der Waals surface area contributed by atoms with Gasteiger partial charge < -0.3 is 5.32 Å². The van der Waals surface area contributed by atoms with Crippen molar-refractivity contribution in [3.63, 3.8) is 0 Å². The second kappa shape index (κ2) is 5.64. The molecule has 0 fully saturated rings. The third-order valence-corrected chi connectivity index (χ3v) is 2.51. The zero-order valence-electron chi connectivity index (χ0n) is 8.86. The maximum absolute atomic E-state index is 5.90. The predicted molar refractivity (Wildman–Crippen MR) is 66.2 cm³/mol. The monoisotopic (exact) mass is 232 g/mol. The first-order valence-corrected chi connectivity index (χ1v) is 5.56. The lowest BCUT2D eigenvalue weighted by atomic mass is 10.2. The lowest BCUT2D eigenvalue weighted by Gasteiger charge is -2.04. The van der Waals surface area contributed by atoms with Gasteiger partial charge in [-0.3, -0.25) is 4.98 Å². The molecule has 0 radical (unpaired) electrons. The minimum Gasteiger partial charge on any atom is -0.309 e. The molecule has 0 saturated carbocycles. The number of pyridine rings is 1. The highest BCUT2D eigenvalue weighted by Gasteiger charge is 1.95. The summed E-state index contributed by atoms with van der Waals surface area (Å²) in [5, 5.41) is 4.12. The van der Waals surface area contributed by atoms with Crippen LogP contribution in [0.3, 0.4) is 0 Å². The highest BCUT2D eigenvalue weighted by molar-refractivity contribution is 6.30. The summed E-state index contributed by atoms with van der Waals surface area (Å²) in [6.45, 7) is 1.63. The maximum Gasteiger partial charge on any atom is 0.0409 e. The molecule has 0 atom stereocenters. The van der Waals surface area contributed by atoms with Crippen molar-refractivity contribution in [2.75, 3.05) is 0 Å². The molecular formula is C13H13ClN2. The summed E-state index contributed by atoms with van der Waals surface area (Å²) in [6.07, 6.45) is 3.64. The zero-order valence-corrected chi connectivity index (χ0v) is 9.61. The van der Waals surface area contributed by atoms with Crippen molar-refractivity contribution in [1.29, 1.82) is 0 Å². The van der Waals surface area contributed by atoms with E-state index in [9.17, 15) is 0 Å². The van der Waals surface area contributed by atoms with Gasteiger partial charge >= 0.3 is 0 Å². The van der Waals surface area contributed by atoms with E-state index in [0.29, 0.717) is 0 Å². The Bertz CT molecular complexity index is 443. The van der Waals surface area contributed by atoms with Gasteiger partial charge in [0.2, 0.25) is 0 Å². The Morgan fingerprint density at radius 1 is 1.06 bits per heavy atom. The molecule has 0 amide bonds. The Balaban J connectivity index is 1.85. The van der Waals surface area contributed by atoms with Gasteiger partial charge in [0.15, 0.2) is 0 Å². The molecule has 0 aliphatic rings. The Morgan fingerprint density at radius 2 is 1.88 bits per heavy atom. The summed E-state index contributed by atoms with van der Waals surface area (Å²) in [5.74, 6) is 0. The molecule has 0 aliphatic carbocycles. The molecule has 1 N–H and O–H groups in total. The fourth-order valence-corrected chi connectivity index (χ4v) is 1.71. The zero-order chi connectivity index (χ0) is 11.2. The van der Waals surface area contributed by atoms with Crippen LogP contribution in [0.2, 0.25) is 5.02 Å². The number of rotatable bonds is 4. The number of nitrogens with zero attached hydrogens (tertiary/aromatic N) is 1. The first-order chi connectivity index (χ1) is 7.84. The Hall–Kier alpha value is -1.38. The quantitative estimate of drug-likeness (QED) is 0.877. The number of halogens is 1. The van der Waals surface area contributed by atoms with E-state index in [0.717, 1.165) is 18.1 Å². The molecule has 1 aromatic carbocycles. The van der Waals surface area contributed by atoms with E-state index in [1.54, 1.807) is 6.20 Å². The standard InChI is InChI=1S/C13H13ClN2/c14-13-5-1-3-11(7-13)8-16-10-12-4-2-6-15-9-12/h1-7,9,16H,8,10H2. The highest BCUT2D eigenvalue weighted by atomic mass is 35.5. The SMILES string of the molecule is Clc1cccc(CNCc2cccnc2)c1. The molecular weight excluding hydrogens is 220 g/mol. The first kappa shape index (κ1) is 11.1. The van der Waals surface area contributed by atoms with Crippen molar-refractivity contribution in [3.05, 3.63) is 64.9 Å². The number of hydrogen-bond acceptors (Lipinski definition) is 2. The molecule has 2 rings (SSSR count). The van der Waals surface area contributed by atoms with Crippen LogP contribution in [0, 0.1) is 0 Å². The molecule has 0 saturated heterocycles. The summed E-state index contributed by atoms with van der Waals surface area (Å²) in [6, 6.07) is 11.9. The summed E-state index contributed by atoms with van der Waals surface area (Å²) >= 11 is 5.90. The fourth-order valence-electron chi connectivity index (χ4n) is 1.50. The van der Waals surface area contributed by atoms with Crippen molar-refractivity contribution >= 4 is 11.6 Å². The largest absolute Gasteiger partial charge is 0.309 e. The van der Waals surface area contributed by atoms with Gasteiger partial charge in [-0.1, -0.05) is 29.8 Å². The lowest BCUT2D eigenvalue weighted by molar-refractivity contribution is 0.691. The van der Waals surface area contributed by atoms with Gasteiger partial charge in [-0.2, -0.15) is 0 Å². The average Bonchev–Trinajstić information content (AvgIpc) is 2.30. The van der Waals surface area contributed by atoms with E-state index in [4.69, 9.17) is 11.6 Å². The Kier molecular flexibility index (Phi) is 3.91. The van der Waals surface area contributed by atoms with Crippen molar-refractivity contribution in [2.45, 2.75) is 13.1 Å². The van der Waals surface area contributed by atoms with Gasteiger partial charge in [0.1, 0.15) is 0 Å². The summed E-state index contributed by atoms with van der Waals surface area (Å²) < 4.78 is 0. The Morgan fingerprint density at radius 3 is 2.62 bits per heavy atom. The molecule has 0 aliphatic heterocycles. The minimum absolute atomic E-state index is 0.778. The van der Waals surface area contributed by atoms with Crippen LogP contribution < -0.4 is 5.32 Å². The van der Waals surface area contributed by atoms with Crippen LogP contribution in [0.5, 0.6) is 0 Å². The molecule has 0 spiro atoms. The normalized spacial score (nSPS) is 10.3. The molecule has 2 nitrogen and oxygen atoms in total. The molecule has 1 heterocycles. The van der Waals surface area contributed by atoms with Crippen LogP contribution in [0.4, 0.5) is 0 Å². The number of hydrogen-bond donors (Lipinski definition) is 1. The first-order valence-electron chi connectivity index (χ1n) is 5.18. The second-order valence-corrected chi connectivity index (χ2v) is 4.03. The van der Waals surface area contributed by atoms with Crippen LogP contribution in [0.1, 0.15) is 11.1 Å². The van der Waals surface area contributed by atoms with Gasteiger partial charge in [0, 0.05) is 30.5 Å². The van der Waals surface area contributed by atoms with Gasteiger partial charge in [0.25, 0.3) is 0 Å². The predicted octanol–water partition coefficient (Wildman–Crippen LogP) is 3.02. The van der Waals surface area contributed by atoms with Crippen LogP contribution >= 0.6 is 11.6 Å². The third kappa shape index (κ3) is 3.33. The molecule has 2 aromatic rings. The summed E-state index contributed by atoms with van der Waals surface area (Å²) in [5.41, 5.74) is 2.38. The highest BCUT2D eigenvalue weighted by Crippen LogP contribution is 2.10. The molecule has 1 aromatic heterocycles. The van der Waals surface area contributed by atoms with Crippen molar-refractivity contribution in [3.8, 4) is 0 Å². The van der Waals surface area contributed by atoms with Crippen molar-refractivity contribution < 1.29 is 0 Å². The maximum atomic E-state index is 5.90. The smallest absolute Gasteiger partial charge is 0.0409 e. The summed E-state index contributed by atoms with van der Waals surface area (Å²) in [7, 11) is 0. The van der Waals surface area contributed by atoms with Crippen LogP contribution in [0.15, 0.2) is 48.8 Å². The van der Waals surface area contributed by atoms with E-state index in [1.807, 2.05) is 30.5 Å². The second-order valence-electron chi connectivity index (χ2n) is 3.59. The van der Waals surface area contributed by atoms with Crippen molar-refractivity contribution in [1.82, 2.24) is 10.3 Å². The van der Waals surface area contributed by atoms with Gasteiger partial charge in [-0.15, -0.1) is 0 Å². The molecule has 0 bridgehead atoms. The van der Waals surface area contributed by atoms with E-state index < -0.39 is 0 Å². The minimum atomic E-state index is 0.778. The fraction of sp³-hybridized carbons (Fsp3) is 0.154. The lowest BCUT2D eigenvalue weighted by Crippen LogP contribution is -2.12. The van der Waals surface area contributed by atoms with E-state index in [-0.39, 0.29) is 0 Å². The topological polar surface area (TPSA) is 24.9 Å². The number of nitrogens with one attached hydrogen (secondary N) is 1. The molecule has 0 unspecified atom stereocenters. The average molecular weight is 233 g/mol. The number of benzene rings is 1.